The molecule has 3 aliphatic rings. The highest BCUT2D eigenvalue weighted by Gasteiger charge is 2.57. The first-order chi connectivity index (χ1) is 21.1. The lowest BCUT2D eigenvalue weighted by Crippen LogP contribution is -2.36. The van der Waals surface area contributed by atoms with Crippen molar-refractivity contribution in [3.8, 4) is 11.3 Å². The van der Waals surface area contributed by atoms with Crippen LogP contribution in [0.3, 0.4) is 0 Å². The Kier molecular flexibility index (Phi) is 8.62. The first-order valence-corrected chi connectivity index (χ1v) is 16.8. The molecule has 2 aromatic heterocycles. The molecule has 13 nitrogen and oxygen atoms in total. The lowest BCUT2D eigenvalue weighted by molar-refractivity contribution is -0.199. The van der Waals surface area contributed by atoms with Crippen molar-refractivity contribution in [2.45, 2.75) is 96.9 Å². The van der Waals surface area contributed by atoms with Crippen LogP contribution in [0.15, 0.2) is 36.9 Å². The zero-order chi connectivity index (χ0) is 32.2. The van der Waals surface area contributed by atoms with Gasteiger partial charge < -0.3 is 23.8 Å². The van der Waals surface area contributed by atoms with E-state index in [1.807, 2.05) is 30.5 Å². The number of phosphoric ester groups is 1. The van der Waals surface area contributed by atoms with Crippen LogP contribution in [0.25, 0.3) is 22.4 Å². The Morgan fingerprint density at radius 3 is 2.36 bits per heavy atom. The number of phosphoric acid groups is 1. The van der Waals surface area contributed by atoms with Crippen molar-refractivity contribution in [1.29, 1.82) is 0 Å². The molecule has 0 spiro atoms. The fourth-order valence-corrected chi connectivity index (χ4v) is 7.66. The second-order valence-corrected chi connectivity index (χ2v) is 15.5. The van der Waals surface area contributed by atoms with E-state index in [1.54, 1.807) is 47.9 Å². The van der Waals surface area contributed by atoms with Crippen LogP contribution in [-0.4, -0.2) is 87.7 Å². The minimum Gasteiger partial charge on any atom is -0.378 e. The molecular formula is C31H44N5O8P. The molecule has 6 rings (SSSR count). The molecule has 3 aromatic rings. The molecule has 5 heterocycles. The van der Waals surface area contributed by atoms with Gasteiger partial charge >= 0.3 is 7.82 Å². The van der Waals surface area contributed by atoms with E-state index in [1.165, 1.54) is 6.33 Å². The van der Waals surface area contributed by atoms with Crippen LogP contribution in [0.5, 0.6) is 0 Å². The van der Waals surface area contributed by atoms with Gasteiger partial charge in [-0.05, 0) is 67.5 Å². The van der Waals surface area contributed by atoms with E-state index < -0.39 is 49.4 Å². The number of nitrogens with zero attached hydrogens (tertiary/aromatic N) is 5. The summed E-state index contributed by atoms with van der Waals surface area (Å²) in [5.74, 6) is -0.875. The lowest BCUT2D eigenvalue weighted by atomic mass is 10.1. The molecule has 0 N–H and O–H groups in total. The van der Waals surface area contributed by atoms with Gasteiger partial charge in [0, 0.05) is 24.3 Å². The minimum absolute atomic E-state index is 0.109. The van der Waals surface area contributed by atoms with Gasteiger partial charge in [0.2, 0.25) is 0 Å². The number of anilines is 1. The fourth-order valence-electron chi connectivity index (χ4n) is 5.84. The molecule has 45 heavy (non-hydrogen) atoms. The van der Waals surface area contributed by atoms with Crippen molar-refractivity contribution in [3.63, 3.8) is 0 Å². The maximum atomic E-state index is 13.8. The number of morpholine rings is 1. The molecule has 3 fully saturated rings. The fraction of sp³-hybridized carbons (Fsp3) is 0.645. The second kappa shape index (κ2) is 12.0. The van der Waals surface area contributed by atoms with Crippen molar-refractivity contribution < 1.29 is 37.1 Å². The predicted octanol–water partition coefficient (Wildman–Crippen LogP) is 5.50. The molecule has 0 radical (unpaired) electrons. The third-order valence-corrected chi connectivity index (χ3v) is 9.43. The first-order valence-electron chi connectivity index (χ1n) is 15.4. The van der Waals surface area contributed by atoms with E-state index in [-0.39, 0.29) is 6.61 Å². The molecule has 0 amide bonds. The summed E-state index contributed by atoms with van der Waals surface area (Å²) in [6.07, 6.45) is 0.886. The minimum atomic E-state index is -3.98. The SMILES string of the molecule is CC(C)(C)OP(=O)(OC[C@H]1O[C@@H](n2cnc3c(-c4cccc(N5CCOCC5)c4)ncnc32)[C@@H]2OC(C)(C)O[C@@H]21)OC(C)(C)C. The Morgan fingerprint density at radius 2 is 1.67 bits per heavy atom. The molecule has 0 bridgehead atoms. The van der Waals surface area contributed by atoms with Crippen LogP contribution < -0.4 is 4.90 Å². The van der Waals surface area contributed by atoms with Crippen LogP contribution in [0.2, 0.25) is 0 Å². The number of ether oxygens (including phenoxy) is 4. The molecule has 1 aromatic carbocycles. The van der Waals surface area contributed by atoms with Gasteiger partial charge in [0.25, 0.3) is 0 Å². The monoisotopic (exact) mass is 645 g/mol. The summed E-state index contributed by atoms with van der Waals surface area (Å²) >= 11 is 0. The van der Waals surface area contributed by atoms with Gasteiger partial charge in [0.15, 0.2) is 17.7 Å². The van der Waals surface area contributed by atoms with Crippen molar-refractivity contribution in [2.24, 2.45) is 0 Å². The number of hydrogen-bond acceptors (Lipinski definition) is 12. The van der Waals surface area contributed by atoms with Crippen LogP contribution >= 0.6 is 7.82 Å². The second-order valence-electron chi connectivity index (χ2n) is 14.0. The molecule has 4 atom stereocenters. The molecule has 0 aliphatic carbocycles. The molecule has 0 saturated carbocycles. The maximum absolute atomic E-state index is 13.8. The van der Waals surface area contributed by atoms with E-state index in [2.05, 4.69) is 27.0 Å². The quantitative estimate of drug-likeness (QED) is 0.287. The van der Waals surface area contributed by atoms with Crippen LogP contribution in [0, 0.1) is 0 Å². The van der Waals surface area contributed by atoms with E-state index in [0.29, 0.717) is 30.1 Å². The number of benzene rings is 1. The van der Waals surface area contributed by atoms with Crippen molar-refractivity contribution in [3.05, 3.63) is 36.9 Å². The molecule has 3 aliphatic heterocycles. The van der Waals surface area contributed by atoms with Gasteiger partial charge in [-0.1, -0.05) is 12.1 Å². The summed E-state index contributed by atoms with van der Waals surface area (Å²) in [6.45, 7) is 17.4. The Balaban J connectivity index is 1.28. The summed E-state index contributed by atoms with van der Waals surface area (Å²) in [7, 11) is -3.98. The lowest BCUT2D eigenvalue weighted by Gasteiger charge is -2.32. The van der Waals surface area contributed by atoms with E-state index in [4.69, 9.17) is 37.5 Å². The normalized spacial score (nSPS) is 25.6. The van der Waals surface area contributed by atoms with Crippen molar-refractivity contribution >= 4 is 24.7 Å². The smallest absolute Gasteiger partial charge is 0.378 e. The predicted molar refractivity (Wildman–Crippen MR) is 167 cm³/mol. The highest BCUT2D eigenvalue weighted by molar-refractivity contribution is 7.48. The topological polar surface area (TPSA) is 129 Å². The number of rotatable bonds is 8. The number of hydrogen-bond donors (Lipinski definition) is 0. The molecule has 14 heteroatoms. The zero-order valence-electron chi connectivity index (χ0n) is 27.3. The van der Waals surface area contributed by atoms with E-state index in [9.17, 15) is 4.57 Å². The zero-order valence-corrected chi connectivity index (χ0v) is 28.2. The standard InChI is InChI=1S/C31H44N5O8P/c1-29(2,3)43-45(37,44-30(4,5)6)39-17-22-25-26(42-31(7,8)41-25)28(40-22)36-19-34-24-23(32-18-33-27(24)36)20-10-9-11-21(16-20)35-12-14-38-15-13-35/h9-11,16,18-19,22,25-26,28H,12-15,17H2,1-8H3/t22-,25-,26-,28-/m1/s1. The van der Waals surface area contributed by atoms with Gasteiger partial charge in [-0.15, -0.1) is 0 Å². The third kappa shape index (κ3) is 7.26. The largest absolute Gasteiger partial charge is 0.475 e. The summed E-state index contributed by atoms with van der Waals surface area (Å²) in [5, 5.41) is 0. The highest BCUT2D eigenvalue weighted by atomic mass is 31.2. The maximum Gasteiger partial charge on any atom is 0.475 e. The molecule has 0 unspecified atom stereocenters. The van der Waals surface area contributed by atoms with Gasteiger partial charge in [-0.25, -0.2) is 19.5 Å². The number of aromatic nitrogens is 4. The van der Waals surface area contributed by atoms with Gasteiger partial charge in [-0.3, -0.25) is 18.1 Å². The van der Waals surface area contributed by atoms with Crippen LogP contribution in [0.4, 0.5) is 5.69 Å². The summed E-state index contributed by atoms with van der Waals surface area (Å²) < 4.78 is 57.8. The van der Waals surface area contributed by atoms with Crippen LogP contribution in [0.1, 0.15) is 61.6 Å². The number of imidazole rings is 1. The molecule has 246 valence electrons. The van der Waals surface area contributed by atoms with E-state index in [0.717, 1.165) is 24.3 Å². The van der Waals surface area contributed by atoms with Gasteiger partial charge in [0.05, 0.1) is 37.4 Å². The number of fused-ring (bicyclic) bond motifs is 2. The average molecular weight is 646 g/mol. The summed E-state index contributed by atoms with van der Waals surface area (Å²) in [4.78, 5) is 16.2. The van der Waals surface area contributed by atoms with Crippen molar-refractivity contribution in [1.82, 2.24) is 19.5 Å². The Hall–Kier alpha value is -2.48. The Labute approximate surface area is 264 Å². The third-order valence-electron chi connectivity index (χ3n) is 7.42. The van der Waals surface area contributed by atoms with Crippen molar-refractivity contribution in [2.75, 3.05) is 37.8 Å². The highest BCUT2D eigenvalue weighted by Crippen LogP contribution is 2.56. The Bertz CT molecular complexity index is 1540. The van der Waals surface area contributed by atoms with Crippen LogP contribution in [-0.2, 0) is 37.1 Å². The summed E-state index contributed by atoms with van der Waals surface area (Å²) in [6, 6.07) is 8.26. The molecule has 3 saturated heterocycles. The van der Waals surface area contributed by atoms with E-state index >= 15 is 0 Å². The first kappa shape index (κ1) is 32.5. The average Bonchev–Trinajstić information content (AvgIpc) is 3.61. The molecular weight excluding hydrogens is 601 g/mol. The van der Waals surface area contributed by atoms with Gasteiger partial charge in [0.1, 0.15) is 35.8 Å². The summed E-state index contributed by atoms with van der Waals surface area (Å²) in [5.41, 5.74) is 2.44. The Morgan fingerprint density at radius 1 is 0.978 bits per heavy atom. The van der Waals surface area contributed by atoms with Gasteiger partial charge in [-0.2, -0.15) is 0 Å².